The standard InChI is InChI=1S/C5H12N2O2S/c1-5(6)7-3-4-10(2,8)9/h3-4H2,1-2H3,(H2,6,7). The summed E-state index contributed by atoms with van der Waals surface area (Å²) in [5.74, 6) is 0.491. The van der Waals surface area contributed by atoms with Crippen LogP contribution in [-0.2, 0) is 9.84 Å². The van der Waals surface area contributed by atoms with Crippen molar-refractivity contribution in [2.75, 3.05) is 18.6 Å². The number of sulfone groups is 1. The summed E-state index contributed by atoms with van der Waals surface area (Å²) in [6.45, 7) is 1.89. The van der Waals surface area contributed by atoms with Gasteiger partial charge in [0, 0.05) is 6.26 Å². The average Bonchev–Trinajstić information content (AvgIpc) is 1.59. The van der Waals surface area contributed by atoms with Crippen LogP contribution in [0.3, 0.4) is 0 Å². The molecule has 0 saturated carbocycles. The van der Waals surface area contributed by atoms with E-state index in [1.807, 2.05) is 0 Å². The van der Waals surface area contributed by atoms with E-state index in [4.69, 9.17) is 5.73 Å². The van der Waals surface area contributed by atoms with Crippen molar-refractivity contribution in [3.05, 3.63) is 0 Å². The lowest BCUT2D eigenvalue weighted by atomic mass is 10.7. The van der Waals surface area contributed by atoms with Gasteiger partial charge in [0.2, 0.25) is 0 Å². The molecule has 0 aromatic carbocycles. The molecule has 5 heteroatoms. The smallest absolute Gasteiger partial charge is 0.149 e. The molecule has 0 aliphatic heterocycles. The van der Waals surface area contributed by atoms with Gasteiger partial charge in [-0.25, -0.2) is 8.42 Å². The van der Waals surface area contributed by atoms with E-state index < -0.39 is 9.84 Å². The molecule has 0 rings (SSSR count). The Balaban J connectivity index is 3.69. The summed E-state index contributed by atoms with van der Waals surface area (Å²) in [6.07, 6.45) is 1.17. The van der Waals surface area contributed by atoms with Gasteiger partial charge in [-0.2, -0.15) is 0 Å². The Bertz CT molecular complexity index is 214. The minimum Gasteiger partial charge on any atom is -0.388 e. The SMILES string of the molecule is CC(N)=NCCS(C)(=O)=O. The maximum Gasteiger partial charge on any atom is 0.149 e. The second kappa shape index (κ2) is 3.55. The number of amidine groups is 1. The van der Waals surface area contributed by atoms with Crippen LogP contribution in [0, 0.1) is 0 Å². The van der Waals surface area contributed by atoms with Crippen LogP contribution in [0.15, 0.2) is 4.99 Å². The van der Waals surface area contributed by atoms with Gasteiger partial charge < -0.3 is 5.73 Å². The van der Waals surface area contributed by atoms with Gasteiger partial charge in [0.15, 0.2) is 0 Å². The molecule has 0 aliphatic rings. The highest BCUT2D eigenvalue weighted by molar-refractivity contribution is 7.90. The molecule has 60 valence electrons. The van der Waals surface area contributed by atoms with Crippen molar-refractivity contribution in [3.8, 4) is 0 Å². The van der Waals surface area contributed by atoms with Crippen LogP contribution >= 0.6 is 0 Å². The van der Waals surface area contributed by atoms with E-state index >= 15 is 0 Å². The van der Waals surface area contributed by atoms with Crippen molar-refractivity contribution in [3.63, 3.8) is 0 Å². The second-order valence-corrected chi connectivity index (χ2v) is 4.41. The van der Waals surface area contributed by atoms with E-state index in [0.717, 1.165) is 0 Å². The lowest BCUT2D eigenvalue weighted by Crippen LogP contribution is -2.11. The quantitative estimate of drug-likeness (QED) is 0.447. The van der Waals surface area contributed by atoms with Crippen molar-refractivity contribution < 1.29 is 8.42 Å². The van der Waals surface area contributed by atoms with Crippen LogP contribution in [-0.4, -0.2) is 32.8 Å². The highest BCUT2D eigenvalue weighted by Crippen LogP contribution is 1.82. The minimum absolute atomic E-state index is 0.0710. The van der Waals surface area contributed by atoms with E-state index in [1.165, 1.54) is 6.26 Å². The summed E-state index contributed by atoms with van der Waals surface area (Å²) in [5.41, 5.74) is 5.18. The Kier molecular flexibility index (Phi) is 3.35. The first kappa shape index (κ1) is 9.42. The highest BCUT2D eigenvalue weighted by Gasteiger charge is 1.98. The summed E-state index contributed by atoms with van der Waals surface area (Å²) in [6, 6.07) is 0. The third-order valence-electron chi connectivity index (χ3n) is 0.823. The Morgan fingerprint density at radius 3 is 2.40 bits per heavy atom. The molecule has 0 aliphatic carbocycles. The van der Waals surface area contributed by atoms with E-state index in [1.54, 1.807) is 6.92 Å². The van der Waals surface area contributed by atoms with Crippen LogP contribution in [0.2, 0.25) is 0 Å². The molecular weight excluding hydrogens is 152 g/mol. The number of aliphatic imine (C=N–C) groups is 1. The van der Waals surface area contributed by atoms with Crippen molar-refractivity contribution in [2.45, 2.75) is 6.92 Å². The van der Waals surface area contributed by atoms with Gasteiger partial charge in [0.25, 0.3) is 0 Å². The van der Waals surface area contributed by atoms with Gasteiger partial charge in [0.1, 0.15) is 9.84 Å². The van der Waals surface area contributed by atoms with Gasteiger partial charge in [-0.15, -0.1) is 0 Å². The third-order valence-corrected chi connectivity index (χ3v) is 1.75. The predicted molar refractivity (Wildman–Crippen MR) is 41.9 cm³/mol. The molecule has 0 unspecified atom stereocenters. The zero-order chi connectivity index (χ0) is 8.20. The first-order chi connectivity index (χ1) is 4.42. The van der Waals surface area contributed by atoms with Gasteiger partial charge >= 0.3 is 0 Å². The summed E-state index contributed by atoms with van der Waals surface area (Å²) >= 11 is 0. The van der Waals surface area contributed by atoms with Gasteiger partial charge in [0.05, 0.1) is 18.1 Å². The predicted octanol–water partition coefficient (Wildman–Crippen LogP) is -0.592. The molecule has 0 bridgehead atoms. The second-order valence-electron chi connectivity index (χ2n) is 2.15. The van der Waals surface area contributed by atoms with E-state index in [9.17, 15) is 8.42 Å². The fourth-order valence-corrected chi connectivity index (χ4v) is 0.811. The van der Waals surface area contributed by atoms with Gasteiger partial charge in [-0.3, -0.25) is 4.99 Å². The number of hydrogen-bond acceptors (Lipinski definition) is 3. The number of rotatable bonds is 3. The highest BCUT2D eigenvalue weighted by atomic mass is 32.2. The van der Waals surface area contributed by atoms with Crippen molar-refractivity contribution in [2.24, 2.45) is 10.7 Å². The summed E-state index contributed by atoms with van der Waals surface area (Å²) < 4.78 is 21.0. The lowest BCUT2D eigenvalue weighted by Gasteiger charge is -1.92. The molecule has 0 aromatic heterocycles. The van der Waals surface area contributed by atoms with E-state index in [-0.39, 0.29) is 12.3 Å². The van der Waals surface area contributed by atoms with Crippen molar-refractivity contribution >= 4 is 15.7 Å². The molecule has 0 aromatic rings. The topological polar surface area (TPSA) is 72.5 Å². The Morgan fingerprint density at radius 1 is 1.60 bits per heavy atom. The average molecular weight is 164 g/mol. The first-order valence-electron chi connectivity index (χ1n) is 2.86. The molecule has 0 radical (unpaired) electrons. The molecule has 2 N–H and O–H groups in total. The fraction of sp³-hybridized carbons (Fsp3) is 0.800. The maximum atomic E-state index is 10.5. The molecule has 0 heterocycles. The van der Waals surface area contributed by atoms with Crippen LogP contribution in [0.4, 0.5) is 0 Å². The van der Waals surface area contributed by atoms with Crippen molar-refractivity contribution in [1.82, 2.24) is 0 Å². The normalized spacial score (nSPS) is 13.6. The zero-order valence-corrected chi connectivity index (χ0v) is 6.98. The first-order valence-corrected chi connectivity index (χ1v) is 4.92. The molecule has 0 fully saturated rings. The third kappa shape index (κ3) is 7.42. The molecule has 0 spiro atoms. The van der Waals surface area contributed by atoms with Crippen LogP contribution in [0.1, 0.15) is 6.92 Å². The Labute approximate surface area is 61.1 Å². The monoisotopic (exact) mass is 164 g/mol. The van der Waals surface area contributed by atoms with Crippen LogP contribution in [0.5, 0.6) is 0 Å². The number of nitrogens with two attached hydrogens (primary N) is 1. The minimum atomic E-state index is -2.88. The van der Waals surface area contributed by atoms with Crippen LogP contribution in [0.25, 0.3) is 0 Å². The maximum absolute atomic E-state index is 10.5. The lowest BCUT2D eigenvalue weighted by molar-refractivity contribution is 0.601. The molecule has 0 amide bonds. The number of nitrogens with zero attached hydrogens (tertiary/aromatic N) is 1. The van der Waals surface area contributed by atoms with Crippen LogP contribution < -0.4 is 5.73 Å². The largest absolute Gasteiger partial charge is 0.388 e. The molecule has 10 heavy (non-hydrogen) atoms. The summed E-state index contributed by atoms with van der Waals surface area (Å²) in [4.78, 5) is 3.73. The molecule has 0 atom stereocenters. The van der Waals surface area contributed by atoms with Crippen molar-refractivity contribution in [1.29, 1.82) is 0 Å². The Hall–Kier alpha value is -0.580. The van der Waals surface area contributed by atoms with Gasteiger partial charge in [-0.05, 0) is 6.92 Å². The summed E-state index contributed by atoms with van der Waals surface area (Å²) in [5, 5.41) is 0. The molecule has 0 saturated heterocycles. The number of hydrogen-bond donors (Lipinski definition) is 1. The molecule has 4 nitrogen and oxygen atoms in total. The summed E-state index contributed by atoms with van der Waals surface area (Å²) in [7, 11) is -2.88. The van der Waals surface area contributed by atoms with E-state index in [2.05, 4.69) is 4.99 Å². The van der Waals surface area contributed by atoms with Gasteiger partial charge in [-0.1, -0.05) is 0 Å². The zero-order valence-electron chi connectivity index (χ0n) is 6.16. The fourth-order valence-electron chi connectivity index (χ4n) is 0.388. The molecular formula is C5H12N2O2S. The van der Waals surface area contributed by atoms with E-state index in [0.29, 0.717) is 5.84 Å². The Morgan fingerprint density at radius 2 is 2.10 bits per heavy atom.